The van der Waals surface area contributed by atoms with Gasteiger partial charge in [0.05, 0.1) is 25.4 Å². The largest absolute Gasteiger partial charge is 0.466 e. The number of esters is 1. The fourth-order valence-corrected chi connectivity index (χ4v) is 9.46. The fourth-order valence-electron chi connectivity index (χ4n) is 9.46. The van der Waals surface area contributed by atoms with Crippen LogP contribution in [0.1, 0.15) is 335 Å². The third-order valence-electron chi connectivity index (χ3n) is 14.1. The summed E-state index contributed by atoms with van der Waals surface area (Å²) >= 11 is 0. The number of unbranched alkanes of at least 4 members (excludes halogenated alkanes) is 43. The normalized spacial score (nSPS) is 12.6. The molecule has 0 aliphatic carbocycles. The lowest BCUT2D eigenvalue weighted by molar-refractivity contribution is -0.143. The molecule has 0 aliphatic rings. The quantitative estimate of drug-likeness (QED) is 0.0321. The summed E-state index contributed by atoms with van der Waals surface area (Å²) in [6, 6.07) is -0.551. The Morgan fingerprint density at radius 2 is 0.712 bits per heavy atom. The summed E-state index contributed by atoms with van der Waals surface area (Å²) in [5.41, 5.74) is 0. The molecule has 66 heavy (non-hydrogen) atoms. The predicted octanol–water partition coefficient (Wildman–Crippen LogP) is 18.5. The minimum atomic E-state index is -0.673. The Kier molecular flexibility index (Phi) is 55.0. The predicted molar refractivity (Wildman–Crippen MR) is 287 cm³/mol. The topological polar surface area (TPSA) is 95.9 Å². The van der Waals surface area contributed by atoms with Gasteiger partial charge in [0.2, 0.25) is 5.91 Å². The lowest BCUT2D eigenvalue weighted by atomic mass is 10.0. The minimum absolute atomic E-state index is 0.00340. The highest BCUT2D eigenvalue weighted by Crippen LogP contribution is 2.18. The van der Waals surface area contributed by atoms with Gasteiger partial charge in [-0.3, -0.25) is 9.59 Å². The molecule has 2 unspecified atom stereocenters. The number of hydrogen-bond donors (Lipinski definition) is 3. The van der Waals surface area contributed by atoms with Crippen LogP contribution in [0.25, 0.3) is 0 Å². The van der Waals surface area contributed by atoms with Gasteiger partial charge in [0.15, 0.2) is 0 Å². The molecule has 0 fully saturated rings. The molecule has 0 saturated heterocycles. The molecule has 0 aromatic carbocycles. The Labute approximate surface area is 412 Å². The smallest absolute Gasteiger partial charge is 0.305 e. The number of carbonyl (C=O) groups is 2. The van der Waals surface area contributed by atoms with Gasteiger partial charge in [-0.25, -0.2) is 0 Å². The van der Waals surface area contributed by atoms with Gasteiger partial charge in [-0.05, 0) is 51.4 Å². The molecular weight excluding hydrogens is 815 g/mol. The molecule has 0 aromatic rings. The first-order valence-corrected chi connectivity index (χ1v) is 29.9. The number of carbonyl (C=O) groups excluding carboxylic acids is 2. The van der Waals surface area contributed by atoms with Gasteiger partial charge in [0, 0.05) is 12.8 Å². The lowest BCUT2D eigenvalue weighted by Crippen LogP contribution is -2.45. The van der Waals surface area contributed by atoms with E-state index in [2.05, 4.69) is 31.3 Å². The molecule has 0 rings (SSSR count). The van der Waals surface area contributed by atoms with Crippen LogP contribution in [0.3, 0.4) is 0 Å². The number of aliphatic hydroxyl groups is 2. The van der Waals surface area contributed by atoms with E-state index in [0.29, 0.717) is 25.9 Å². The highest BCUT2D eigenvalue weighted by atomic mass is 16.5. The van der Waals surface area contributed by atoms with Crippen LogP contribution in [-0.4, -0.2) is 47.4 Å². The highest BCUT2D eigenvalue weighted by Gasteiger charge is 2.20. The van der Waals surface area contributed by atoms with Crippen LogP contribution in [0.5, 0.6) is 0 Å². The van der Waals surface area contributed by atoms with Crippen LogP contribution < -0.4 is 5.32 Å². The van der Waals surface area contributed by atoms with Gasteiger partial charge >= 0.3 is 5.97 Å². The summed E-state index contributed by atoms with van der Waals surface area (Å²) in [6.45, 7) is 4.96. The zero-order chi connectivity index (χ0) is 47.9. The number of aliphatic hydroxyl groups excluding tert-OH is 2. The summed E-state index contributed by atoms with van der Waals surface area (Å²) in [5.74, 6) is -0.0425. The van der Waals surface area contributed by atoms with Crippen molar-refractivity contribution in [2.75, 3.05) is 13.2 Å². The molecule has 0 aliphatic heterocycles. The number of amides is 1. The number of ether oxygens (including phenoxy) is 1. The Balaban J connectivity index is 3.45. The number of hydrogen-bond acceptors (Lipinski definition) is 5. The van der Waals surface area contributed by atoms with E-state index in [1.54, 1.807) is 0 Å². The van der Waals surface area contributed by atoms with Crippen LogP contribution in [-0.2, 0) is 14.3 Å². The Morgan fingerprint density at radius 1 is 0.409 bits per heavy atom. The van der Waals surface area contributed by atoms with Crippen molar-refractivity contribution in [2.45, 2.75) is 347 Å². The monoisotopic (exact) mass is 932 g/mol. The van der Waals surface area contributed by atoms with Crippen molar-refractivity contribution >= 4 is 11.9 Å². The zero-order valence-electron chi connectivity index (χ0n) is 44.7. The van der Waals surface area contributed by atoms with E-state index >= 15 is 0 Å². The fraction of sp³-hybridized carbons (Fsp3) is 0.933. The van der Waals surface area contributed by atoms with Crippen LogP contribution in [0.15, 0.2) is 12.2 Å². The van der Waals surface area contributed by atoms with Crippen LogP contribution in [0.2, 0.25) is 0 Å². The second-order valence-electron chi connectivity index (χ2n) is 20.7. The van der Waals surface area contributed by atoms with E-state index < -0.39 is 12.1 Å². The van der Waals surface area contributed by atoms with E-state index in [0.717, 1.165) is 57.8 Å². The van der Waals surface area contributed by atoms with Gasteiger partial charge in [0.25, 0.3) is 0 Å². The first-order valence-electron chi connectivity index (χ1n) is 29.9. The molecule has 0 aromatic heterocycles. The summed E-state index contributed by atoms with van der Waals surface area (Å²) in [4.78, 5) is 24.5. The van der Waals surface area contributed by atoms with Crippen molar-refractivity contribution in [2.24, 2.45) is 0 Å². The molecule has 0 saturated carbocycles. The molecule has 3 N–H and O–H groups in total. The summed E-state index contributed by atoms with van der Waals surface area (Å²) in [5, 5.41) is 23.3. The molecule has 2 atom stereocenters. The average molecular weight is 933 g/mol. The standard InChI is InChI=1S/C60H117NO5/c1-3-5-7-9-11-13-15-16-17-18-19-20-23-26-29-33-36-40-44-48-52-58(63)57(56-62)61-59(64)53-49-45-41-37-34-30-27-24-21-22-25-28-31-35-39-43-47-51-55-66-60(65)54-50-46-42-38-32-14-12-10-8-6-4-2/h24,27,57-58,62-63H,3-23,25-26,28-56H2,1-2H3,(H,61,64)/b27-24-. The second-order valence-corrected chi connectivity index (χ2v) is 20.7. The third kappa shape index (κ3) is 52.0. The third-order valence-corrected chi connectivity index (χ3v) is 14.1. The van der Waals surface area contributed by atoms with Crippen LogP contribution in [0.4, 0.5) is 0 Å². The lowest BCUT2D eigenvalue weighted by Gasteiger charge is -2.22. The van der Waals surface area contributed by atoms with E-state index in [1.807, 2.05) is 0 Å². The first-order chi connectivity index (χ1) is 32.5. The van der Waals surface area contributed by atoms with Crippen molar-refractivity contribution in [3.05, 3.63) is 12.2 Å². The minimum Gasteiger partial charge on any atom is -0.466 e. The Morgan fingerprint density at radius 3 is 1.08 bits per heavy atom. The number of rotatable bonds is 56. The number of allylic oxidation sites excluding steroid dienone is 2. The first kappa shape index (κ1) is 64.6. The van der Waals surface area contributed by atoms with E-state index in [1.165, 1.54) is 244 Å². The van der Waals surface area contributed by atoms with Gasteiger partial charge in [-0.15, -0.1) is 0 Å². The molecule has 6 nitrogen and oxygen atoms in total. The van der Waals surface area contributed by atoms with Gasteiger partial charge in [-0.2, -0.15) is 0 Å². The van der Waals surface area contributed by atoms with Crippen molar-refractivity contribution in [3.8, 4) is 0 Å². The zero-order valence-corrected chi connectivity index (χ0v) is 44.7. The van der Waals surface area contributed by atoms with Crippen molar-refractivity contribution in [3.63, 3.8) is 0 Å². The molecule has 6 heteroatoms. The molecule has 0 heterocycles. The molecule has 392 valence electrons. The summed E-state index contributed by atoms with van der Waals surface area (Å²) < 4.78 is 5.46. The van der Waals surface area contributed by atoms with Crippen molar-refractivity contribution in [1.29, 1.82) is 0 Å². The van der Waals surface area contributed by atoms with Gasteiger partial charge in [0.1, 0.15) is 0 Å². The average Bonchev–Trinajstić information content (AvgIpc) is 3.32. The Hall–Kier alpha value is -1.40. The SMILES string of the molecule is CCCCCCCCCCCCCCCCCCCCCCC(O)C(CO)NC(=O)CCCCCCC/C=C\CCCCCCCCCCCOC(=O)CCCCCCCCCCCCC. The molecule has 0 spiro atoms. The van der Waals surface area contributed by atoms with Crippen molar-refractivity contribution < 1.29 is 24.5 Å². The van der Waals surface area contributed by atoms with Crippen molar-refractivity contribution in [1.82, 2.24) is 5.32 Å². The number of nitrogens with one attached hydrogen (secondary N) is 1. The van der Waals surface area contributed by atoms with E-state index in [4.69, 9.17) is 4.74 Å². The van der Waals surface area contributed by atoms with E-state index in [9.17, 15) is 19.8 Å². The van der Waals surface area contributed by atoms with Gasteiger partial charge in [-0.1, -0.05) is 283 Å². The van der Waals surface area contributed by atoms with Crippen LogP contribution in [0, 0.1) is 0 Å². The second kappa shape index (κ2) is 56.2. The molecular formula is C60H117NO5. The highest BCUT2D eigenvalue weighted by molar-refractivity contribution is 5.76. The maximum atomic E-state index is 12.5. The molecule has 0 bridgehead atoms. The maximum Gasteiger partial charge on any atom is 0.305 e. The van der Waals surface area contributed by atoms with E-state index in [-0.39, 0.29) is 18.5 Å². The van der Waals surface area contributed by atoms with Crippen LogP contribution >= 0.6 is 0 Å². The molecule has 1 amide bonds. The molecule has 0 radical (unpaired) electrons. The maximum absolute atomic E-state index is 12.5. The van der Waals surface area contributed by atoms with Gasteiger partial charge < -0.3 is 20.3 Å². The Bertz CT molecular complexity index is 986. The summed E-state index contributed by atoms with van der Waals surface area (Å²) in [6.07, 6.45) is 66.4. The summed E-state index contributed by atoms with van der Waals surface area (Å²) in [7, 11) is 0.